The Morgan fingerprint density at radius 3 is 2.70 bits per heavy atom. The van der Waals surface area contributed by atoms with Crippen LogP contribution in [0.1, 0.15) is 28.4 Å². The third-order valence-electron chi connectivity index (χ3n) is 3.82. The Bertz CT molecular complexity index is 871. The SMILES string of the molecule is Cc1ccc(C)c(C(=O)C(C)Sc2ncnc3ccccc23)c1. The molecule has 0 spiro atoms. The molecule has 1 atom stereocenters. The lowest BCUT2D eigenvalue weighted by Gasteiger charge is -2.13. The van der Waals surface area contributed by atoms with Gasteiger partial charge in [0.2, 0.25) is 0 Å². The molecule has 3 rings (SSSR count). The van der Waals surface area contributed by atoms with Crippen molar-refractivity contribution in [3.8, 4) is 0 Å². The minimum atomic E-state index is -0.200. The smallest absolute Gasteiger partial charge is 0.176 e. The van der Waals surface area contributed by atoms with Gasteiger partial charge in [-0.05, 0) is 38.5 Å². The van der Waals surface area contributed by atoms with Crippen LogP contribution < -0.4 is 0 Å². The zero-order valence-corrected chi connectivity index (χ0v) is 14.2. The van der Waals surface area contributed by atoms with Gasteiger partial charge in [-0.1, -0.05) is 47.7 Å². The van der Waals surface area contributed by atoms with Crippen molar-refractivity contribution in [2.24, 2.45) is 0 Å². The second-order valence-electron chi connectivity index (χ2n) is 5.64. The third kappa shape index (κ3) is 3.27. The summed E-state index contributed by atoms with van der Waals surface area (Å²) in [7, 11) is 0. The molecule has 0 saturated carbocycles. The molecular weight excluding hydrogens is 304 g/mol. The van der Waals surface area contributed by atoms with Crippen molar-refractivity contribution in [1.29, 1.82) is 0 Å². The summed E-state index contributed by atoms with van der Waals surface area (Å²) >= 11 is 1.49. The Morgan fingerprint density at radius 2 is 1.87 bits per heavy atom. The lowest BCUT2D eigenvalue weighted by Crippen LogP contribution is -2.15. The van der Waals surface area contributed by atoms with Crippen LogP contribution >= 0.6 is 11.8 Å². The number of fused-ring (bicyclic) bond motifs is 1. The first-order valence-electron chi connectivity index (χ1n) is 7.54. The minimum Gasteiger partial charge on any atom is -0.293 e. The number of thioether (sulfide) groups is 1. The molecule has 0 saturated heterocycles. The molecule has 116 valence electrons. The number of hydrogen-bond donors (Lipinski definition) is 0. The molecule has 0 radical (unpaired) electrons. The molecule has 0 bridgehead atoms. The summed E-state index contributed by atoms with van der Waals surface area (Å²) in [6, 6.07) is 13.9. The molecule has 0 fully saturated rings. The predicted octanol–water partition coefficient (Wildman–Crippen LogP) is 4.61. The van der Waals surface area contributed by atoms with Gasteiger partial charge in [-0.15, -0.1) is 0 Å². The number of rotatable bonds is 4. The highest BCUT2D eigenvalue weighted by Crippen LogP contribution is 2.30. The summed E-state index contributed by atoms with van der Waals surface area (Å²) in [5.74, 6) is 0.138. The second-order valence-corrected chi connectivity index (χ2v) is 6.97. The van der Waals surface area contributed by atoms with E-state index in [2.05, 4.69) is 9.97 Å². The van der Waals surface area contributed by atoms with E-state index in [1.165, 1.54) is 11.8 Å². The summed E-state index contributed by atoms with van der Waals surface area (Å²) in [5.41, 5.74) is 3.81. The van der Waals surface area contributed by atoms with Crippen molar-refractivity contribution >= 4 is 28.4 Å². The molecule has 2 aromatic carbocycles. The van der Waals surface area contributed by atoms with Gasteiger partial charge < -0.3 is 0 Å². The normalized spacial score (nSPS) is 12.3. The Labute approximate surface area is 140 Å². The highest BCUT2D eigenvalue weighted by molar-refractivity contribution is 8.00. The van der Waals surface area contributed by atoms with E-state index < -0.39 is 0 Å². The molecule has 3 aromatic rings. The lowest BCUT2D eigenvalue weighted by atomic mass is 10.0. The molecule has 0 N–H and O–H groups in total. The van der Waals surface area contributed by atoms with Gasteiger partial charge in [-0.3, -0.25) is 4.79 Å². The van der Waals surface area contributed by atoms with E-state index in [-0.39, 0.29) is 11.0 Å². The van der Waals surface area contributed by atoms with E-state index in [4.69, 9.17) is 0 Å². The molecular formula is C19H18N2OS. The summed E-state index contributed by atoms with van der Waals surface area (Å²) in [6.07, 6.45) is 1.56. The van der Waals surface area contributed by atoms with Gasteiger partial charge in [0.15, 0.2) is 5.78 Å². The second kappa shape index (κ2) is 6.50. The van der Waals surface area contributed by atoms with Crippen molar-refractivity contribution in [2.75, 3.05) is 0 Å². The highest BCUT2D eigenvalue weighted by atomic mass is 32.2. The lowest BCUT2D eigenvalue weighted by molar-refractivity contribution is 0.0993. The van der Waals surface area contributed by atoms with Crippen LogP contribution in [-0.2, 0) is 0 Å². The Morgan fingerprint density at radius 1 is 1.09 bits per heavy atom. The first kappa shape index (κ1) is 15.7. The van der Waals surface area contributed by atoms with Gasteiger partial charge in [-0.2, -0.15) is 0 Å². The maximum Gasteiger partial charge on any atom is 0.176 e. The Kier molecular flexibility index (Phi) is 4.44. The minimum absolute atomic E-state index is 0.138. The summed E-state index contributed by atoms with van der Waals surface area (Å²) in [4.78, 5) is 21.4. The number of hydrogen-bond acceptors (Lipinski definition) is 4. The van der Waals surface area contributed by atoms with Crippen molar-refractivity contribution in [2.45, 2.75) is 31.0 Å². The van der Waals surface area contributed by atoms with Crippen molar-refractivity contribution in [3.63, 3.8) is 0 Å². The largest absolute Gasteiger partial charge is 0.293 e. The van der Waals surface area contributed by atoms with Gasteiger partial charge in [0.05, 0.1) is 10.8 Å². The molecule has 0 aliphatic carbocycles. The summed E-state index contributed by atoms with van der Waals surface area (Å²) in [5, 5.41) is 1.64. The molecule has 3 nitrogen and oxygen atoms in total. The number of aromatic nitrogens is 2. The molecule has 4 heteroatoms. The topological polar surface area (TPSA) is 42.9 Å². The average Bonchev–Trinajstić information content (AvgIpc) is 2.56. The van der Waals surface area contributed by atoms with Crippen molar-refractivity contribution in [1.82, 2.24) is 9.97 Å². The standard InChI is InChI=1S/C19H18N2OS/c1-12-8-9-13(2)16(10-12)18(22)14(3)23-19-15-6-4-5-7-17(15)20-11-21-19/h4-11,14H,1-3H3. The van der Waals surface area contributed by atoms with Crippen molar-refractivity contribution < 1.29 is 4.79 Å². The van der Waals surface area contributed by atoms with E-state index in [9.17, 15) is 4.79 Å². The van der Waals surface area contributed by atoms with Crippen LogP contribution in [0.4, 0.5) is 0 Å². The van der Waals surface area contributed by atoms with Crippen LogP contribution in [0.3, 0.4) is 0 Å². The molecule has 23 heavy (non-hydrogen) atoms. The van der Waals surface area contributed by atoms with Crippen LogP contribution in [0.5, 0.6) is 0 Å². The van der Waals surface area contributed by atoms with E-state index in [1.54, 1.807) is 6.33 Å². The monoisotopic (exact) mass is 322 g/mol. The molecule has 1 unspecified atom stereocenters. The average molecular weight is 322 g/mol. The molecule has 0 aliphatic heterocycles. The molecule has 1 aromatic heterocycles. The maximum absolute atomic E-state index is 12.8. The zero-order chi connectivity index (χ0) is 16.4. The summed E-state index contributed by atoms with van der Waals surface area (Å²) < 4.78 is 0. The fraction of sp³-hybridized carbons (Fsp3) is 0.211. The van der Waals surface area contributed by atoms with Crippen LogP contribution in [0.15, 0.2) is 53.8 Å². The number of carbonyl (C=O) groups excluding carboxylic acids is 1. The van der Waals surface area contributed by atoms with E-state index in [0.29, 0.717) is 0 Å². The molecule has 0 amide bonds. The fourth-order valence-corrected chi connectivity index (χ4v) is 3.49. The van der Waals surface area contributed by atoms with Gasteiger partial charge in [0.25, 0.3) is 0 Å². The van der Waals surface area contributed by atoms with Gasteiger partial charge >= 0.3 is 0 Å². The van der Waals surface area contributed by atoms with Crippen LogP contribution in [0.25, 0.3) is 10.9 Å². The van der Waals surface area contributed by atoms with E-state index >= 15 is 0 Å². The number of Topliss-reactive ketones (excluding diaryl/α,β-unsaturated/α-hetero) is 1. The maximum atomic E-state index is 12.8. The first-order valence-corrected chi connectivity index (χ1v) is 8.42. The van der Waals surface area contributed by atoms with Gasteiger partial charge in [0, 0.05) is 10.9 Å². The molecule has 1 heterocycles. The van der Waals surface area contributed by atoms with E-state index in [1.807, 2.05) is 63.2 Å². The van der Waals surface area contributed by atoms with E-state index in [0.717, 1.165) is 32.6 Å². The third-order valence-corrected chi connectivity index (χ3v) is 4.94. The van der Waals surface area contributed by atoms with Gasteiger partial charge in [-0.25, -0.2) is 9.97 Å². The number of nitrogens with zero attached hydrogens (tertiary/aromatic N) is 2. The van der Waals surface area contributed by atoms with Crippen LogP contribution in [0, 0.1) is 13.8 Å². The number of aryl methyl sites for hydroxylation is 2. The number of carbonyl (C=O) groups is 1. The van der Waals surface area contributed by atoms with Gasteiger partial charge in [0.1, 0.15) is 11.4 Å². The van der Waals surface area contributed by atoms with Crippen molar-refractivity contribution in [3.05, 3.63) is 65.5 Å². The predicted molar refractivity (Wildman–Crippen MR) is 95.1 cm³/mol. The number of benzene rings is 2. The number of ketones is 1. The van der Waals surface area contributed by atoms with Crippen LogP contribution in [-0.4, -0.2) is 21.0 Å². The molecule has 0 aliphatic rings. The highest BCUT2D eigenvalue weighted by Gasteiger charge is 2.20. The first-order chi connectivity index (χ1) is 11.1. The zero-order valence-electron chi connectivity index (χ0n) is 13.4. The Balaban J connectivity index is 1.90. The summed E-state index contributed by atoms with van der Waals surface area (Å²) in [6.45, 7) is 5.92. The number of para-hydroxylation sites is 1. The quantitative estimate of drug-likeness (QED) is 0.400. The Hall–Kier alpha value is -2.20. The van der Waals surface area contributed by atoms with Crippen LogP contribution in [0.2, 0.25) is 0 Å². The fourth-order valence-electron chi connectivity index (χ4n) is 2.52.